The van der Waals surface area contributed by atoms with Crippen LogP contribution in [0.2, 0.25) is 0 Å². The van der Waals surface area contributed by atoms with Gasteiger partial charge in [0.25, 0.3) is 0 Å². The van der Waals surface area contributed by atoms with Gasteiger partial charge in [-0.15, -0.1) is 0 Å². The Morgan fingerprint density at radius 2 is 1.37 bits per heavy atom. The van der Waals surface area contributed by atoms with Gasteiger partial charge >= 0.3 is 6.11 Å². The van der Waals surface area contributed by atoms with Crippen molar-refractivity contribution in [2.75, 3.05) is 0 Å². The number of alkyl halides is 2. The van der Waals surface area contributed by atoms with Crippen LogP contribution in [-0.2, 0) is 0 Å². The van der Waals surface area contributed by atoms with Gasteiger partial charge in [-0.25, -0.2) is 17.6 Å². The minimum atomic E-state index is -3.71. The lowest BCUT2D eigenvalue weighted by Gasteiger charge is -2.33. The van der Waals surface area contributed by atoms with Crippen LogP contribution in [0.4, 0.5) is 26.3 Å². The molecule has 2 aliphatic rings. The van der Waals surface area contributed by atoms with E-state index in [9.17, 15) is 17.6 Å². The Bertz CT molecular complexity index is 1430. The molecule has 0 radical (unpaired) electrons. The molecule has 2 nitrogen and oxygen atoms in total. The van der Waals surface area contributed by atoms with Gasteiger partial charge in [0, 0.05) is 17.7 Å². The minimum absolute atomic E-state index is 0.0101. The highest BCUT2D eigenvalue weighted by Crippen LogP contribution is 2.44. The standard InChI is InChI=1S/C33H31F6NO/c1-19-2-4-20(5-3-19)22-8-12-27(29(34)14-22)23-9-13-26(30(35)15-23)21-6-10-24(11-7-21)33(38,39)41-25-16-31(36)28(18-40)32(37)17-25/h8-9,12-17,19-21,24H,2-7,10-11H2,1H3. The maximum absolute atomic E-state index is 15.2. The first kappa shape index (κ1) is 29.0. The lowest BCUT2D eigenvalue weighted by molar-refractivity contribution is -0.222. The van der Waals surface area contributed by atoms with Crippen molar-refractivity contribution in [2.45, 2.75) is 76.2 Å². The van der Waals surface area contributed by atoms with E-state index in [1.54, 1.807) is 24.3 Å². The smallest absolute Gasteiger partial charge is 0.400 e. The predicted molar refractivity (Wildman–Crippen MR) is 144 cm³/mol. The zero-order valence-electron chi connectivity index (χ0n) is 22.7. The summed E-state index contributed by atoms with van der Waals surface area (Å²) in [5.74, 6) is -4.67. The highest BCUT2D eigenvalue weighted by atomic mass is 19.3. The van der Waals surface area contributed by atoms with Crippen LogP contribution in [0, 0.1) is 46.4 Å². The van der Waals surface area contributed by atoms with E-state index in [0.717, 1.165) is 31.2 Å². The first-order valence-electron chi connectivity index (χ1n) is 14.1. The van der Waals surface area contributed by atoms with Gasteiger partial charge < -0.3 is 4.74 Å². The molecule has 8 heteroatoms. The number of ether oxygens (including phenoxy) is 1. The van der Waals surface area contributed by atoms with Crippen molar-refractivity contribution in [3.05, 3.63) is 88.5 Å². The molecule has 0 spiro atoms. The molecule has 3 aromatic carbocycles. The molecule has 3 aromatic rings. The van der Waals surface area contributed by atoms with Crippen LogP contribution in [0.25, 0.3) is 11.1 Å². The molecule has 0 amide bonds. The van der Waals surface area contributed by atoms with Gasteiger partial charge in [-0.1, -0.05) is 44.0 Å². The molecule has 0 bridgehead atoms. The molecule has 0 atom stereocenters. The molecule has 2 fully saturated rings. The predicted octanol–water partition coefficient (Wildman–Crippen LogP) is 10.0. The third-order valence-corrected chi connectivity index (χ3v) is 8.82. The Hall–Kier alpha value is -3.47. The van der Waals surface area contributed by atoms with E-state index in [1.165, 1.54) is 12.1 Å². The first-order chi connectivity index (χ1) is 19.6. The Balaban J connectivity index is 1.23. The summed E-state index contributed by atoms with van der Waals surface area (Å²) >= 11 is 0. The summed E-state index contributed by atoms with van der Waals surface area (Å²) < 4.78 is 92.3. The highest BCUT2D eigenvalue weighted by molar-refractivity contribution is 5.65. The van der Waals surface area contributed by atoms with Crippen molar-refractivity contribution < 1.29 is 31.1 Å². The second-order valence-electron chi connectivity index (χ2n) is 11.5. The lowest BCUT2D eigenvalue weighted by atomic mass is 9.77. The number of nitriles is 1. The van der Waals surface area contributed by atoms with Crippen molar-refractivity contribution in [1.82, 2.24) is 0 Å². The Kier molecular flexibility index (Phi) is 8.35. The molecule has 0 unspecified atom stereocenters. The third kappa shape index (κ3) is 6.24. The minimum Gasteiger partial charge on any atom is -0.432 e. The zero-order chi connectivity index (χ0) is 29.3. The fraction of sp³-hybridized carbons (Fsp3) is 0.424. The monoisotopic (exact) mass is 571 g/mol. The van der Waals surface area contributed by atoms with E-state index in [0.29, 0.717) is 40.7 Å². The molecule has 0 aromatic heterocycles. The molecule has 216 valence electrons. The number of hydrogen-bond acceptors (Lipinski definition) is 2. The molecule has 2 saturated carbocycles. The van der Waals surface area contributed by atoms with Gasteiger partial charge in [0.2, 0.25) is 0 Å². The second kappa shape index (κ2) is 11.8. The molecule has 41 heavy (non-hydrogen) atoms. The number of benzene rings is 3. The largest absolute Gasteiger partial charge is 0.432 e. The normalized spacial score (nSPS) is 23.2. The van der Waals surface area contributed by atoms with Crippen molar-refractivity contribution in [3.8, 4) is 22.9 Å². The van der Waals surface area contributed by atoms with E-state index >= 15 is 8.78 Å². The van der Waals surface area contributed by atoms with Crippen LogP contribution in [0.3, 0.4) is 0 Å². The number of halogens is 6. The second-order valence-corrected chi connectivity index (χ2v) is 11.5. The van der Waals surface area contributed by atoms with Crippen LogP contribution in [0.15, 0.2) is 48.5 Å². The van der Waals surface area contributed by atoms with Gasteiger partial charge in [0.15, 0.2) is 0 Å². The number of rotatable bonds is 6. The van der Waals surface area contributed by atoms with Crippen LogP contribution in [0.5, 0.6) is 5.75 Å². The molecule has 0 saturated heterocycles. The van der Waals surface area contributed by atoms with Gasteiger partial charge in [0.05, 0.1) is 5.92 Å². The van der Waals surface area contributed by atoms with Crippen LogP contribution < -0.4 is 4.74 Å². The summed E-state index contributed by atoms with van der Waals surface area (Å²) in [4.78, 5) is 0. The van der Waals surface area contributed by atoms with E-state index in [-0.39, 0.29) is 31.6 Å². The molecule has 0 aliphatic heterocycles. The maximum Gasteiger partial charge on any atom is 0.400 e. The van der Waals surface area contributed by atoms with E-state index in [4.69, 9.17) is 5.26 Å². The fourth-order valence-electron chi connectivity index (χ4n) is 6.34. The molecular weight excluding hydrogens is 540 g/mol. The summed E-state index contributed by atoms with van der Waals surface area (Å²) in [6, 6.07) is 12.2. The highest BCUT2D eigenvalue weighted by Gasteiger charge is 2.44. The first-order valence-corrected chi connectivity index (χ1v) is 14.1. The van der Waals surface area contributed by atoms with Gasteiger partial charge in [-0.2, -0.15) is 14.0 Å². The number of nitrogens with zero attached hydrogens (tertiary/aromatic N) is 1. The molecule has 0 heterocycles. The van der Waals surface area contributed by atoms with Crippen molar-refractivity contribution in [3.63, 3.8) is 0 Å². The average molecular weight is 572 g/mol. The summed E-state index contributed by atoms with van der Waals surface area (Å²) in [5, 5.41) is 8.75. The Morgan fingerprint density at radius 3 is 1.95 bits per heavy atom. The molecular formula is C33H31F6NO. The number of hydrogen-bond donors (Lipinski definition) is 0. The van der Waals surface area contributed by atoms with Crippen LogP contribution >= 0.6 is 0 Å². The SMILES string of the molecule is CC1CCC(c2ccc(-c3ccc(C4CCC(C(F)(F)Oc5cc(F)c(C#N)c(F)c5)CC4)c(F)c3)c(F)c2)CC1. The summed E-state index contributed by atoms with van der Waals surface area (Å²) in [7, 11) is 0. The maximum atomic E-state index is 15.2. The molecule has 5 rings (SSSR count). The van der Waals surface area contributed by atoms with Crippen LogP contribution in [0.1, 0.15) is 86.8 Å². The summed E-state index contributed by atoms with van der Waals surface area (Å²) in [5.41, 5.74) is 1.23. The summed E-state index contributed by atoms with van der Waals surface area (Å²) in [6.45, 7) is 2.24. The Labute approximate surface area is 236 Å². The van der Waals surface area contributed by atoms with Gasteiger partial charge in [0.1, 0.15) is 40.7 Å². The van der Waals surface area contributed by atoms with Crippen molar-refractivity contribution in [1.29, 1.82) is 5.26 Å². The van der Waals surface area contributed by atoms with Gasteiger partial charge in [-0.3, -0.25) is 0 Å². The zero-order valence-corrected chi connectivity index (χ0v) is 22.7. The molecule has 2 aliphatic carbocycles. The van der Waals surface area contributed by atoms with E-state index in [1.807, 2.05) is 6.07 Å². The van der Waals surface area contributed by atoms with E-state index in [2.05, 4.69) is 11.7 Å². The fourth-order valence-corrected chi connectivity index (χ4v) is 6.34. The van der Waals surface area contributed by atoms with Crippen LogP contribution in [-0.4, -0.2) is 6.11 Å². The molecule has 0 N–H and O–H groups in total. The average Bonchev–Trinajstić information content (AvgIpc) is 2.93. The quantitative estimate of drug-likeness (QED) is 0.276. The van der Waals surface area contributed by atoms with E-state index < -0.39 is 46.6 Å². The third-order valence-electron chi connectivity index (χ3n) is 8.82. The lowest BCUT2D eigenvalue weighted by Crippen LogP contribution is -2.37. The van der Waals surface area contributed by atoms with Crippen molar-refractivity contribution >= 4 is 0 Å². The summed E-state index contributed by atoms with van der Waals surface area (Å²) in [6.07, 6.45) is 1.17. The Morgan fingerprint density at radius 1 is 0.732 bits per heavy atom. The van der Waals surface area contributed by atoms with Gasteiger partial charge in [-0.05, 0) is 85.1 Å². The van der Waals surface area contributed by atoms with Crippen molar-refractivity contribution in [2.24, 2.45) is 11.8 Å². The topological polar surface area (TPSA) is 33.0 Å².